The van der Waals surface area contributed by atoms with Crippen molar-refractivity contribution >= 4 is 17.4 Å². The maximum atomic E-state index is 11.3. The van der Waals surface area contributed by atoms with Gasteiger partial charge in [0.1, 0.15) is 5.69 Å². The van der Waals surface area contributed by atoms with E-state index in [0.29, 0.717) is 17.9 Å². The molecule has 1 rings (SSSR count). The van der Waals surface area contributed by atoms with Crippen molar-refractivity contribution < 1.29 is 9.53 Å². The summed E-state index contributed by atoms with van der Waals surface area (Å²) < 4.78 is 4.93. The zero-order chi connectivity index (χ0) is 12.1. The maximum Gasteiger partial charge on any atom is 0.318 e. The van der Waals surface area contributed by atoms with Crippen molar-refractivity contribution in [1.29, 1.82) is 0 Å². The molecule has 0 radical (unpaired) electrons. The molecule has 0 bridgehead atoms. The predicted molar refractivity (Wildman–Crippen MR) is 61.8 cm³/mol. The summed E-state index contributed by atoms with van der Waals surface area (Å²) in [6, 6.07) is 0.276. The van der Waals surface area contributed by atoms with Gasteiger partial charge >= 0.3 is 6.01 Å². The van der Waals surface area contributed by atoms with Gasteiger partial charge in [0.2, 0.25) is 5.91 Å². The second kappa shape index (κ2) is 5.29. The molecule has 6 heteroatoms. The molecule has 1 N–H and O–H groups in total. The standard InChI is InChI=1S/C10H16N4O2/c1-5-8(15)12-7-6-11-10(16-4)13-9(7)14(2)3/h6H,5H2,1-4H3,(H,12,15). The highest BCUT2D eigenvalue weighted by Crippen LogP contribution is 2.22. The number of anilines is 2. The van der Waals surface area contributed by atoms with Crippen LogP contribution >= 0.6 is 0 Å². The molecule has 0 spiro atoms. The van der Waals surface area contributed by atoms with Crippen LogP contribution in [0.4, 0.5) is 11.5 Å². The number of carbonyl (C=O) groups excluding carboxylic acids is 1. The Labute approximate surface area is 94.6 Å². The van der Waals surface area contributed by atoms with Crippen molar-refractivity contribution in [1.82, 2.24) is 9.97 Å². The van der Waals surface area contributed by atoms with E-state index in [9.17, 15) is 4.79 Å². The molecule has 88 valence electrons. The van der Waals surface area contributed by atoms with Crippen LogP contribution in [0.1, 0.15) is 13.3 Å². The Bertz CT molecular complexity index is 379. The minimum atomic E-state index is -0.0723. The second-order valence-electron chi connectivity index (χ2n) is 3.39. The zero-order valence-electron chi connectivity index (χ0n) is 9.94. The van der Waals surface area contributed by atoms with Gasteiger partial charge in [0.05, 0.1) is 13.3 Å². The molecule has 0 saturated carbocycles. The minimum Gasteiger partial charge on any atom is -0.467 e. The molecule has 0 aliphatic rings. The lowest BCUT2D eigenvalue weighted by Gasteiger charge is -2.16. The smallest absolute Gasteiger partial charge is 0.318 e. The molecule has 1 aromatic rings. The van der Waals surface area contributed by atoms with Gasteiger partial charge in [0.15, 0.2) is 5.82 Å². The lowest BCUT2D eigenvalue weighted by Crippen LogP contribution is -2.17. The van der Waals surface area contributed by atoms with E-state index in [0.717, 1.165) is 0 Å². The molecule has 6 nitrogen and oxygen atoms in total. The van der Waals surface area contributed by atoms with Gasteiger partial charge in [-0.05, 0) is 0 Å². The fraction of sp³-hybridized carbons (Fsp3) is 0.500. The quantitative estimate of drug-likeness (QED) is 0.823. The molecule has 0 saturated heterocycles. The third kappa shape index (κ3) is 2.82. The summed E-state index contributed by atoms with van der Waals surface area (Å²) in [7, 11) is 5.17. The molecule has 0 fully saturated rings. The van der Waals surface area contributed by atoms with Crippen molar-refractivity contribution in [3.8, 4) is 6.01 Å². The first-order valence-electron chi connectivity index (χ1n) is 4.96. The summed E-state index contributed by atoms with van der Waals surface area (Å²) in [5, 5.41) is 2.73. The molecule has 0 aromatic carbocycles. The third-order valence-electron chi connectivity index (χ3n) is 1.95. The number of aromatic nitrogens is 2. The molecular weight excluding hydrogens is 208 g/mol. The number of nitrogens with zero attached hydrogens (tertiary/aromatic N) is 3. The van der Waals surface area contributed by atoms with Crippen LogP contribution in [0.15, 0.2) is 6.20 Å². The van der Waals surface area contributed by atoms with E-state index in [-0.39, 0.29) is 11.9 Å². The Morgan fingerprint density at radius 2 is 2.25 bits per heavy atom. The highest BCUT2D eigenvalue weighted by Gasteiger charge is 2.11. The number of amides is 1. The number of carbonyl (C=O) groups is 1. The summed E-state index contributed by atoms with van der Waals surface area (Å²) >= 11 is 0. The van der Waals surface area contributed by atoms with Crippen molar-refractivity contribution in [3.63, 3.8) is 0 Å². The van der Waals surface area contributed by atoms with E-state index >= 15 is 0 Å². The Balaban J connectivity index is 3.03. The minimum absolute atomic E-state index is 0.0723. The topological polar surface area (TPSA) is 67.3 Å². The van der Waals surface area contributed by atoms with Crippen LogP contribution in [0.3, 0.4) is 0 Å². The molecular formula is C10H16N4O2. The SMILES string of the molecule is CCC(=O)Nc1cnc(OC)nc1N(C)C. The molecule has 1 heterocycles. The molecule has 0 atom stereocenters. The molecule has 0 aliphatic carbocycles. The fourth-order valence-corrected chi connectivity index (χ4v) is 1.12. The van der Waals surface area contributed by atoms with Gasteiger partial charge in [-0.2, -0.15) is 4.98 Å². The Morgan fingerprint density at radius 3 is 2.75 bits per heavy atom. The summed E-state index contributed by atoms with van der Waals surface area (Å²) in [5.74, 6) is 0.547. The first kappa shape index (κ1) is 12.2. The molecule has 16 heavy (non-hydrogen) atoms. The highest BCUT2D eigenvalue weighted by molar-refractivity contribution is 5.93. The van der Waals surface area contributed by atoms with Crippen LogP contribution in [0.25, 0.3) is 0 Å². The predicted octanol–water partition coefficient (Wildman–Crippen LogP) is 0.900. The normalized spacial score (nSPS) is 9.75. The highest BCUT2D eigenvalue weighted by atomic mass is 16.5. The van der Waals surface area contributed by atoms with Gasteiger partial charge < -0.3 is 15.0 Å². The van der Waals surface area contributed by atoms with Crippen molar-refractivity contribution in [3.05, 3.63) is 6.20 Å². The van der Waals surface area contributed by atoms with E-state index in [1.165, 1.54) is 13.3 Å². The summed E-state index contributed by atoms with van der Waals surface area (Å²) in [5.41, 5.74) is 0.581. The zero-order valence-corrected chi connectivity index (χ0v) is 9.94. The summed E-state index contributed by atoms with van der Waals surface area (Å²) in [6.07, 6.45) is 1.95. The largest absolute Gasteiger partial charge is 0.467 e. The van der Waals surface area contributed by atoms with Crippen LogP contribution in [-0.2, 0) is 4.79 Å². The summed E-state index contributed by atoms with van der Waals surface area (Å²) in [6.45, 7) is 1.79. The van der Waals surface area contributed by atoms with Crippen LogP contribution in [-0.4, -0.2) is 37.1 Å². The number of methoxy groups -OCH3 is 1. The molecule has 1 amide bonds. The van der Waals surface area contributed by atoms with Gasteiger partial charge in [-0.3, -0.25) is 4.79 Å². The second-order valence-corrected chi connectivity index (χ2v) is 3.39. The van der Waals surface area contributed by atoms with Crippen molar-refractivity contribution in [2.45, 2.75) is 13.3 Å². The Kier molecular flexibility index (Phi) is 4.04. The van der Waals surface area contributed by atoms with Gasteiger partial charge in [-0.1, -0.05) is 6.92 Å². The van der Waals surface area contributed by atoms with Gasteiger partial charge in [-0.25, -0.2) is 4.98 Å². The molecule has 0 aliphatic heterocycles. The molecule has 0 unspecified atom stereocenters. The molecule has 1 aromatic heterocycles. The van der Waals surface area contributed by atoms with Crippen LogP contribution < -0.4 is 15.0 Å². The number of ether oxygens (including phenoxy) is 1. The summed E-state index contributed by atoms with van der Waals surface area (Å²) in [4.78, 5) is 21.2. The van der Waals surface area contributed by atoms with Crippen LogP contribution in [0, 0.1) is 0 Å². The fourth-order valence-electron chi connectivity index (χ4n) is 1.12. The lowest BCUT2D eigenvalue weighted by atomic mass is 10.4. The first-order chi connectivity index (χ1) is 7.58. The van der Waals surface area contributed by atoms with E-state index in [1.54, 1.807) is 11.8 Å². The number of hydrogen-bond acceptors (Lipinski definition) is 5. The van der Waals surface area contributed by atoms with E-state index in [1.807, 2.05) is 14.1 Å². The Hall–Kier alpha value is -1.85. The van der Waals surface area contributed by atoms with Gasteiger partial charge in [0, 0.05) is 20.5 Å². The van der Waals surface area contributed by atoms with Crippen molar-refractivity contribution in [2.75, 3.05) is 31.4 Å². The number of nitrogens with one attached hydrogen (secondary N) is 1. The van der Waals surface area contributed by atoms with E-state index in [2.05, 4.69) is 15.3 Å². The maximum absolute atomic E-state index is 11.3. The van der Waals surface area contributed by atoms with E-state index < -0.39 is 0 Å². The monoisotopic (exact) mass is 224 g/mol. The first-order valence-corrected chi connectivity index (χ1v) is 4.96. The Morgan fingerprint density at radius 1 is 1.56 bits per heavy atom. The van der Waals surface area contributed by atoms with Gasteiger partial charge in [0.25, 0.3) is 0 Å². The van der Waals surface area contributed by atoms with Crippen LogP contribution in [0.5, 0.6) is 6.01 Å². The number of rotatable bonds is 4. The number of hydrogen-bond donors (Lipinski definition) is 1. The average molecular weight is 224 g/mol. The van der Waals surface area contributed by atoms with Crippen LogP contribution in [0.2, 0.25) is 0 Å². The van der Waals surface area contributed by atoms with Crippen molar-refractivity contribution in [2.24, 2.45) is 0 Å². The average Bonchev–Trinajstić information content (AvgIpc) is 2.29. The van der Waals surface area contributed by atoms with Gasteiger partial charge in [-0.15, -0.1) is 0 Å². The lowest BCUT2D eigenvalue weighted by molar-refractivity contribution is -0.115. The van der Waals surface area contributed by atoms with E-state index in [4.69, 9.17) is 4.74 Å². The third-order valence-corrected chi connectivity index (χ3v) is 1.95.